The highest BCUT2D eigenvalue weighted by atomic mass is 35.5. The Hall–Kier alpha value is -2.29. The van der Waals surface area contributed by atoms with E-state index in [4.69, 9.17) is 16.3 Å². The minimum atomic E-state index is -1.85. The monoisotopic (exact) mass is 466 g/mol. The van der Waals surface area contributed by atoms with E-state index in [0.29, 0.717) is 17.1 Å². The van der Waals surface area contributed by atoms with E-state index in [1.807, 2.05) is 0 Å². The van der Waals surface area contributed by atoms with Crippen LogP contribution < -0.4 is 10.4 Å². The molecule has 1 N–H and O–H groups in total. The molecule has 0 aliphatic carbocycles. The normalized spacial score (nSPS) is 18.3. The summed E-state index contributed by atoms with van der Waals surface area (Å²) < 4.78 is 33.3. The zero-order chi connectivity index (χ0) is 22.8. The predicted molar refractivity (Wildman–Crippen MR) is 119 cm³/mol. The summed E-state index contributed by atoms with van der Waals surface area (Å²) in [5.41, 5.74) is 2.94. The lowest BCUT2D eigenvalue weighted by atomic mass is 10.1. The third-order valence-electron chi connectivity index (χ3n) is 4.95. The molecule has 0 radical (unpaired) electrons. The van der Waals surface area contributed by atoms with Gasteiger partial charge in [0, 0.05) is 23.6 Å². The van der Waals surface area contributed by atoms with Crippen LogP contribution in [0.1, 0.15) is 26.3 Å². The first kappa shape index (κ1) is 23.4. The number of hydrogen-bond donors (Lipinski definition) is 1. The van der Waals surface area contributed by atoms with Gasteiger partial charge in [-0.05, 0) is 62.7 Å². The van der Waals surface area contributed by atoms with E-state index in [0.717, 1.165) is 22.7 Å². The smallest absolute Gasteiger partial charge is 0.268 e. The fourth-order valence-corrected chi connectivity index (χ4v) is 5.97. The summed E-state index contributed by atoms with van der Waals surface area (Å²) in [4.78, 5) is 25.4. The molecule has 0 aromatic heterocycles. The number of amides is 1. The number of nitrogens with one attached hydrogen (secondary N) is 1. The van der Waals surface area contributed by atoms with E-state index >= 15 is 0 Å². The van der Waals surface area contributed by atoms with E-state index in [9.17, 15) is 18.4 Å². The maximum absolute atomic E-state index is 14.5. The topological polar surface area (TPSA) is 58.6 Å². The standard InChI is InChI=1S/C22H25ClF2N2O3Si/c1-22(2,3)30-21(29)31-12-15(13-31)20(28)27(19-9-8-17(24)10-18(19)25)26-11-14-4-6-16(23)7-5-14/h4-10,15,26,31H,11-13H2,1-3H3. The Morgan fingerprint density at radius 1 is 1.16 bits per heavy atom. The van der Waals surface area contributed by atoms with Crippen molar-refractivity contribution in [1.29, 1.82) is 0 Å². The Kier molecular flexibility index (Phi) is 7.13. The number of nitrogens with zero attached hydrogens (tertiary/aromatic N) is 1. The summed E-state index contributed by atoms with van der Waals surface area (Å²) in [6, 6.07) is 11.0. The molecule has 1 saturated heterocycles. The fraction of sp³-hybridized carbons (Fsp3) is 0.364. The first-order valence-electron chi connectivity index (χ1n) is 10.0. The summed E-state index contributed by atoms with van der Waals surface area (Å²) in [6.07, 6.45) is 0. The average Bonchev–Trinajstić information content (AvgIpc) is 2.62. The second kappa shape index (κ2) is 9.46. The molecule has 0 saturated carbocycles. The zero-order valence-corrected chi connectivity index (χ0v) is 19.5. The lowest BCUT2D eigenvalue weighted by Crippen LogP contribution is -2.53. The molecular weight excluding hydrogens is 442 g/mol. The SMILES string of the molecule is CC(C)(C)OC(=O)[SiH]1CC(C(=O)N(NCc2ccc(Cl)cc2)c2ccc(F)cc2F)C1. The van der Waals surface area contributed by atoms with Crippen molar-refractivity contribution in [2.45, 2.75) is 45.0 Å². The van der Waals surface area contributed by atoms with Crippen LogP contribution in [0.3, 0.4) is 0 Å². The van der Waals surface area contributed by atoms with E-state index in [1.165, 1.54) is 6.07 Å². The molecule has 0 spiro atoms. The van der Waals surface area contributed by atoms with Crippen molar-refractivity contribution in [3.05, 3.63) is 64.7 Å². The minimum absolute atomic E-state index is 0.0669. The molecule has 0 unspecified atom stereocenters. The molecule has 2 aromatic carbocycles. The lowest BCUT2D eigenvalue weighted by molar-refractivity contribution is -0.122. The molecule has 166 valence electrons. The first-order chi connectivity index (χ1) is 14.5. The molecule has 1 fully saturated rings. The van der Waals surface area contributed by atoms with Gasteiger partial charge in [-0.15, -0.1) is 0 Å². The minimum Gasteiger partial charge on any atom is -0.465 e. The molecule has 2 aromatic rings. The van der Waals surface area contributed by atoms with Gasteiger partial charge in [0.05, 0.1) is 5.69 Å². The second-order valence-corrected chi connectivity index (χ2v) is 11.9. The summed E-state index contributed by atoms with van der Waals surface area (Å²) in [5, 5.41) is 1.70. The number of hydrogen-bond acceptors (Lipinski definition) is 4. The number of hydrazine groups is 1. The quantitative estimate of drug-likeness (QED) is 0.479. The molecule has 31 heavy (non-hydrogen) atoms. The van der Waals surface area contributed by atoms with Crippen LogP contribution in [-0.2, 0) is 16.1 Å². The molecule has 0 bridgehead atoms. The van der Waals surface area contributed by atoms with Crippen molar-refractivity contribution in [3.8, 4) is 0 Å². The fourth-order valence-electron chi connectivity index (χ4n) is 3.30. The van der Waals surface area contributed by atoms with Crippen molar-refractivity contribution in [1.82, 2.24) is 5.43 Å². The third-order valence-corrected chi connectivity index (χ3v) is 8.27. The number of carbonyl (C=O) groups is 2. The van der Waals surface area contributed by atoms with Crippen LogP contribution in [0.25, 0.3) is 0 Å². The Bertz CT molecular complexity index is 960. The van der Waals surface area contributed by atoms with Crippen LogP contribution in [0, 0.1) is 17.6 Å². The molecule has 5 nitrogen and oxygen atoms in total. The van der Waals surface area contributed by atoms with Gasteiger partial charge in [-0.2, -0.15) is 0 Å². The lowest BCUT2D eigenvalue weighted by Gasteiger charge is -2.36. The van der Waals surface area contributed by atoms with Crippen molar-refractivity contribution >= 4 is 37.6 Å². The molecule has 1 aliphatic rings. The molecule has 1 aliphatic heterocycles. The first-order valence-corrected chi connectivity index (χ1v) is 12.6. The van der Waals surface area contributed by atoms with Crippen LogP contribution >= 0.6 is 11.6 Å². The average molecular weight is 467 g/mol. The van der Waals surface area contributed by atoms with Crippen LogP contribution in [0.15, 0.2) is 42.5 Å². The van der Waals surface area contributed by atoms with Gasteiger partial charge in [-0.25, -0.2) is 19.2 Å². The largest absolute Gasteiger partial charge is 0.465 e. The maximum atomic E-state index is 14.5. The summed E-state index contributed by atoms with van der Waals surface area (Å²) >= 11 is 5.90. The van der Waals surface area contributed by atoms with Crippen molar-refractivity contribution in [2.75, 3.05) is 5.01 Å². The summed E-state index contributed by atoms with van der Waals surface area (Å²) in [6.45, 7) is 5.65. The van der Waals surface area contributed by atoms with Crippen LogP contribution in [0.4, 0.5) is 19.3 Å². The van der Waals surface area contributed by atoms with Crippen molar-refractivity contribution in [2.24, 2.45) is 5.92 Å². The van der Waals surface area contributed by atoms with E-state index in [1.54, 1.807) is 45.0 Å². The Labute approximate surface area is 186 Å². The number of rotatable bonds is 6. The highest BCUT2D eigenvalue weighted by molar-refractivity contribution is 6.91. The molecule has 1 heterocycles. The Balaban J connectivity index is 1.72. The van der Waals surface area contributed by atoms with Gasteiger partial charge in [-0.3, -0.25) is 9.59 Å². The third kappa shape index (κ3) is 6.12. The van der Waals surface area contributed by atoms with Gasteiger partial charge in [0.15, 0.2) is 14.6 Å². The number of carbonyl (C=O) groups excluding carboxylic acids is 2. The van der Waals surface area contributed by atoms with Gasteiger partial charge in [0.1, 0.15) is 11.4 Å². The Morgan fingerprint density at radius 2 is 1.81 bits per heavy atom. The number of anilines is 1. The van der Waals surface area contributed by atoms with Crippen LogP contribution in [-0.4, -0.2) is 25.9 Å². The molecule has 3 rings (SSSR count). The predicted octanol–water partition coefficient (Wildman–Crippen LogP) is 5.03. The maximum Gasteiger partial charge on any atom is 0.268 e. The summed E-state index contributed by atoms with van der Waals surface area (Å²) in [7, 11) is -1.85. The van der Waals surface area contributed by atoms with Crippen LogP contribution in [0.5, 0.6) is 0 Å². The van der Waals surface area contributed by atoms with Gasteiger partial charge in [0.25, 0.3) is 5.59 Å². The van der Waals surface area contributed by atoms with E-state index in [-0.39, 0.29) is 23.7 Å². The van der Waals surface area contributed by atoms with Gasteiger partial charge >= 0.3 is 0 Å². The number of ether oxygens (including phenoxy) is 1. The molecule has 9 heteroatoms. The van der Waals surface area contributed by atoms with E-state index in [2.05, 4.69) is 5.43 Å². The number of halogens is 3. The van der Waals surface area contributed by atoms with Gasteiger partial charge in [-0.1, -0.05) is 23.7 Å². The molecule has 0 atom stereocenters. The van der Waals surface area contributed by atoms with Gasteiger partial charge in [0.2, 0.25) is 5.91 Å². The van der Waals surface area contributed by atoms with Crippen molar-refractivity contribution in [3.63, 3.8) is 0 Å². The second-order valence-electron chi connectivity index (χ2n) is 8.63. The zero-order valence-electron chi connectivity index (χ0n) is 17.6. The highest BCUT2D eigenvalue weighted by Gasteiger charge is 2.44. The Morgan fingerprint density at radius 3 is 2.39 bits per heavy atom. The highest BCUT2D eigenvalue weighted by Crippen LogP contribution is 2.34. The molecular formula is C22H25ClF2N2O3Si. The molecule has 1 amide bonds. The van der Waals surface area contributed by atoms with Crippen LogP contribution in [0.2, 0.25) is 17.1 Å². The van der Waals surface area contributed by atoms with Crippen molar-refractivity contribution < 1.29 is 23.1 Å². The summed E-state index contributed by atoms with van der Waals surface area (Å²) in [5.74, 6) is -2.34. The number of benzene rings is 2. The van der Waals surface area contributed by atoms with Gasteiger partial charge < -0.3 is 4.74 Å². The van der Waals surface area contributed by atoms with E-state index < -0.39 is 32.0 Å².